The monoisotopic (exact) mass is 501 g/mol. The maximum absolute atomic E-state index is 5.72. The van der Waals surface area contributed by atoms with E-state index in [1.165, 1.54) is 17.4 Å². The van der Waals surface area contributed by atoms with Crippen LogP contribution in [0.1, 0.15) is 45.7 Å². The van der Waals surface area contributed by atoms with Crippen molar-refractivity contribution in [3.05, 3.63) is 41.2 Å². The van der Waals surface area contributed by atoms with Gasteiger partial charge in [0.05, 0.1) is 0 Å². The largest absolute Gasteiger partial charge is 0.552 e. The molecule has 0 aliphatic heterocycles. The summed E-state index contributed by atoms with van der Waals surface area (Å²) in [4.78, 5) is 0. The molecule has 0 heterocycles. The maximum Gasteiger partial charge on any atom is 0.132 e. The Labute approximate surface area is 157 Å². The van der Waals surface area contributed by atoms with Gasteiger partial charge in [0.1, 0.15) is 6.61 Å². The minimum atomic E-state index is 0. The van der Waals surface area contributed by atoms with Crippen LogP contribution in [0.5, 0.6) is 5.75 Å². The summed E-state index contributed by atoms with van der Waals surface area (Å²) in [7, 11) is 0. The van der Waals surface area contributed by atoms with Gasteiger partial charge < -0.3 is 4.74 Å². The summed E-state index contributed by atoms with van der Waals surface area (Å²) in [5.74, 6) is 9.23. The summed E-state index contributed by atoms with van der Waals surface area (Å²) in [6.07, 6.45) is 0. The minimum Gasteiger partial charge on any atom is -0.552 e. The van der Waals surface area contributed by atoms with Gasteiger partial charge in [0, 0.05) is 53.8 Å². The third kappa shape index (κ3) is 6.90. The molecule has 0 saturated carbocycles. The van der Waals surface area contributed by atoms with Crippen molar-refractivity contribution in [3.63, 3.8) is 0 Å². The van der Waals surface area contributed by atoms with E-state index in [2.05, 4.69) is 57.7 Å². The van der Waals surface area contributed by atoms with Gasteiger partial charge in [-0.05, 0) is 12.7 Å². The molecule has 0 aliphatic rings. The molecule has 1 nitrogen and oxygen atoms in total. The van der Waals surface area contributed by atoms with Crippen molar-refractivity contribution in [2.45, 2.75) is 34.6 Å². The first-order valence-electron chi connectivity index (χ1n) is 5.83. The zero-order valence-corrected chi connectivity index (χ0v) is 18.1. The molecule has 101 valence electrons. The predicted octanol–water partition coefficient (Wildman–Crippen LogP) is 4.01. The third-order valence-corrected chi connectivity index (χ3v) is 2.57. The van der Waals surface area contributed by atoms with E-state index in [1.54, 1.807) is 0 Å². The van der Waals surface area contributed by atoms with Crippen LogP contribution < -0.4 is 4.74 Å². The van der Waals surface area contributed by atoms with Crippen LogP contribution in [0.3, 0.4) is 0 Å². The van der Waals surface area contributed by atoms with Crippen LogP contribution in [0.4, 0.5) is 0 Å². The quantitative estimate of drug-likeness (QED) is 0.448. The number of hydrogen-bond donors (Lipinski definition) is 0. The number of benzene rings is 1. The van der Waals surface area contributed by atoms with Crippen molar-refractivity contribution in [2.75, 3.05) is 6.61 Å². The topological polar surface area (TPSA) is 9.23 Å². The molecular weight excluding hydrogens is 481 g/mol. The zero-order valence-electron chi connectivity index (χ0n) is 12.3. The Bertz CT molecular complexity index is 430. The number of ether oxygens (including phenoxy) is 1. The normalized spacial score (nSPS) is 8.26. The Morgan fingerprint density at radius 2 is 1.74 bits per heavy atom. The van der Waals surface area contributed by atoms with Crippen LogP contribution in [-0.4, -0.2) is 6.61 Å². The average Bonchev–Trinajstić information content (AvgIpc) is 2.28. The van der Waals surface area contributed by atoms with Crippen LogP contribution in [0.25, 0.3) is 0 Å². The molecule has 1 aromatic rings. The fourth-order valence-corrected chi connectivity index (χ4v) is 1.55. The maximum atomic E-state index is 5.72. The molecule has 3 heteroatoms. The van der Waals surface area contributed by atoms with Crippen LogP contribution in [-0.2, 0) is 53.8 Å². The average molecular weight is 501 g/mol. The van der Waals surface area contributed by atoms with Crippen molar-refractivity contribution >= 4 is 0 Å². The molecule has 0 unspecified atom stereocenters. The molecule has 1 radical (unpaired) electrons. The fraction of sp³-hybridized carbons (Fsp3) is 0.375. The first-order valence-corrected chi connectivity index (χ1v) is 5.83. The molecular formula is C16H20OWY-2. The molecule has 0 N–H and O–H groups in total. The van der Waals surface area contributed by atoms with E-state index in [4.69, 9.17) is 4.74 Å². The Morgan fingerprint density at radius 1 is 1.11 bits per heavy atom. The van der Waals surface area contributed by atoms with E-state index < -0.39 is 0 Å². The van der Waals surface area contributed by atoms with Gasteiger partial charge in [-0.1, -0.05) is 33.6 Å². The van der Waals surface area contributed by atoms with Gasteiger partial charge in [-0.15, -0.1) is 5.92 Å². The van der Waals surface area contributed by atoms with E-state index in [0.717, 1.165) is 11.3 Å². The van der Waals surface area contributed by atoms with Crippen molar-refractivity contribution in [1.29, 1.82) is 0 Å². The summed E-state index contributed by atoms with van der Waals surface area (Å²) in [5, 5.41) is 0. The molecule has 0 fully saturated rings. The van der Waals surface area contributed by atoms with E-state index >= 15 is 0 Å². The molecule has 1 rings (SSSR count). The summed E-state index contributed by atoms with van der Waals surface area (Å²) in [5.41, 5.74) is 2.38. The molecule has 0 bridgehead atoms. The smallest absolute Gasteiger partial charge is 0.132 e. The summed E-state index contributed by atoms with van der Waals surface area (Å²) >= 11 is 0. The van der Waals surface area contributed by atoms with Gasteiger partial charge >= 0.3 is 0 Å². The molecule has 0 amide bonds. The van der Waals surface area contributed by atoms with Crippen LogP contribution in [0, 0.1) is 23.7 Å². The standard InChI is InChI=1S/C16H20O.W.Y/c1-6-7-10-17-16-11-14(12(2)3)8-9-15(16)13(4)5;;/h8-9,11H,10H2,1-5H3;;/q-2;;. The SMILES string of the molecule is CC#CCOc1cc([C-](C)C)ccc1[C-](C)C.[W].[Y]. The Kier molecular flexibility index (Phi) is 12.2. The fourth-order valence-electron chi connectivity index (χ4n) is 1.55. The van der Waals surface area contributed by atoms with Gasteiger partial charge in [0.2, 0.25) is 0 Å². The van der Waals surface area contributed by atoms with E-state index in [9.17, 15) is 0 Å². The van der Waals surface area contributed by atoms with E-state index in [-0.39, 0.29) is 53.8 Å². The first kappa shape index (κ1) is 21.4. The van der Waals surface area contributed by atoms with Gasteiger partial charge in [0.25, 0.3) is 0 Å². The molecule has 0 aromatic heterocycles. The minimum absolute atomic E-state index is 0. The second-order valence-corrected chi connectivity index (χ2v) is 4.43. The van der Waals surface area contributed by atoms with Crippen molar-refractivity contribution < 1.29 is 58.5 Å². The Morgan fingerprint density at radius 3 is 2.21 bits per heavy atom. The van der Waals surface area contributed by atoms with Crippen molar-refractivity contribution in [1.82, 2.24) is 0 Å². The van der Waals surface area contributed by atoms with E-state index in [1.807, 2.05) is 6.92 Å². The molecule has 0 aliphatic carbocycles. The second kappa shape index (κ2) is 10.8. The Hall–Kier alpha value is 0.112. The number of hydrogen-bond acceptors (Lipinski definition) is 1. The van der Waals surface area contributed by atoms with Crippen molar-refractivity contribution in [3.8, 4) is 17.6 Å². The van der Waals surface area contributed by atoms with E-state index in [0.29, 0.717) is 6.61 Å². The van der Waals surface area contributed by atoms with Gasteiger partial charge in [0.15, 0.2) is 0 Å². The molecule has 0 saturated heterocycles. The molecule has 1 aromatic carbocycles. The predicted molar refractivity (Wildman–Crippen MR) is 72.8 cm³/mol. The first-order chi connectivity index (χ1) is 8.06. The summed E-state index contributed by atoms with van der Waals surface area (Å²) in [6, 6.07) is 6.34. The molecule has 0 atom stereocenters. The second-order valence-electron chi connectivity index (χ2n) is 4.43. The summed E-state index contributed by atoms with van der Waals surface area (Å²) in [6.45, 7) is 10.7. The Balaban J connectivity index is 0. The summed E-state index contributed by atoms with van der Waals surface area (Å²) < 4.78 is 5.72. The van der Waals surface area contributed by atoms with Crippen LogP contribution >= 0.6 is 0 Å². The molecule has 19 heavy (non-hydrogen) atoms. The van der Waals surface area contributed by atoms with Gasteiger partial charge in [-0.3, -0.25) is 0 Å². The number of rotatable bonds is 4. The van der Waals surface area contributed by atoms with Gasteiger partial charge in [-0.25, -0.2) is 17.7 Å². The van der Waals surface area contributed by atoms with Crippen molar-refractivity contribution in [2.24, 2.45) is 0 Å². The van der Waals surface area contributed by atoms with Crippen LogP contribution in [0.2, 0.25) is 0 Å². The molecule has 0 spiro atoms. The zero-order chi connectivity index (χ0) is 12.8. The van der Waals surface area contributed by atoms with Crippen LogP contribution in [0.15, 0.2) is 18.2 Å². The van der Waals surface area contributed by atoms with Gasteiger partial charge in [-0.2, -0.15) is 23.5 Å². The third-order valence-electron chi connectivity index (χ3n) is 2.57.